The Balaban J connectivity index is 1.49. The van der Waals surface area contributed by atoms with Crippen molar-refractivity contribution in [1.29, 1.82) is 5.26 Å². The molecule has 1 aliphatic carbocycles. The number of rotatable bonds is 6. The molecule has 152 valence electrons. The van der Waals surface area contributed by atoms with Crippen molar-refractivity contribution >= 4 is 22.2 Å². The summed E-state index contributed by atoms with van der Waals surface area (Å²) < 4.78 is 0. The zero-order valence-corrected chi connectivity index (χ0v) is 17.9. The third-order valence-electron chi connectivity index (χ3n) is 5.55. The van der Waals surface area contributed by atoms with Crippen molar-refractivity contribution in [1.82, 2.24) is 5.32 Å². The summed E-state index contributed by atoms with van der Waals surface area (Å²) in [4.78, 5) is 14.0. The van der Waals surface area contributed by atoms with E-state index in [4.69, 9.17) is 0 Å². The number of benzene rings is 2. The Bertz CT molecular complexity index is 1060. The molecular weight excluding hydrogens is 390 g/mol. The second-order valence-electron chi connectivity index (χ2n) is 7.71. The van der Waals surface area contributed by atoms with Gasteiger partial charge in [-0.2, -0.15) is 5.26 Å². The van der Waals surface area contributed by atoms with Crippen LogP contribution < -0.4 is 10.6 Å². The number of fused-ring (bicyclic) bond motifs is 1. The van der Waals surface area contributed by atoms with Gasteiger partial charge in [0.2, 0.25) is 5.91 Å². The van der Waals surface area contributed by atoms with Crippen LogP contribution in [0.4, 0.5) is 5.00 Å². The van der Waals surface area contributed by atoms with Crippen LogP contribution in [0.2, 0.25) is 0 Å². The topological polar surface area (TPSA) is 64.9 Å². The number of nitrogens with one attached hydrogen (secondary N) is 2. The quantitative estimate of drug-likeness (QED) is 0.587. The van der Waals surface area contributed by atoms with Crippen molar-refractivity contribution in [3.63, 3.8) is 0 Å². The lowest BCUT2D eigenvalue weighted by Gasteiger charge is -2.20. The summed E-state index contributed by atoms with van der Waals surface area (Å²) in [7, 11) is 0. The molecule has 0 radical (unpaired) electrons. The molecule has 1 amide bonds. The van der Waals surface area contributed by atoms with Crippen molar-refractivity contribution in [2.75, 3.05) is 11.9 Å². The molecule has 0 spiro atoms. The minimum atomic E-state index is -0.127. The monoisotopic (exact) mass is 415 g/mol. The van der Waals surface area contributed by atoms with Gasteiger partial charge in [0, 0.05) is 4.88 Å². The Hall–Kier alpha value is -2.94. The van der Waals surface area contributed by atoms with Gasteiger partial charge in [0.25, 0.3) is 0 Å². The fraction of sp³-hybridized carbons (Fsp3) is 0.280. The smallest absolute Gasteiger partial charge is 0.238 e. The third-order valence-corrected chi connectivity index (χ3v) is 6.75. The van der Waals surface area contributed by atoms with Crippen molar-refractivity contribution in [2.24, 2.45) is 0 Å². The van der Waals surface area contributed by atoms with Crippen LogP contribution >= 0.6 is 11.3 Å². The Labute approximate surface area is 181 Å². The number of hydrogen-bond donors (Lipinski definition) is 2. The highest BCUT2D eigenvalue weighted by Gasteiger charge is 2.22. The van der Waals surface area contributed by atoms with Crippen LogP contribution in [0.3, 0.4) is 0 Å². The first-order valence-corrected chi connectivity index (χ1v) is 11.2. The van der Waals surface area contributed by atoms with Crippen molar-refractivity contribution < 1.29 is 4.79 Å². The molecule has 0 saturated carbocycles. The van der Waals surface area contributed by atoms with Crippen LogP contribution in [0.15, 0.2) is 54.6 Å². The molecule has 1 aliphatic rings. The zero-order valence-electron chi connectivity index (χ0n) is 17.1. The van der Waals surface area contributed by atoms with Crippen molar-refractivity contribution in [3.8, 4) is 6.07 Å². The average molecular weight is 416 g/mol. The molecular formula is C25H25N3OS. The summed E-state index contributed by atoms with van der Waals surface area (Å²) >= 11 is 1.56. The first-order valence-electron chi connectivity index (χ1n) is 10.3. The molecule has 1 atom stereocenters. The largest absolute Gasteiger partial charge is 0.315 e. The number of carbonyl (C=O) groups is 1. The summed E-state index contributed by atoms with van der Waals surface area (Å²) in [5.74, 6) is -0.127. The van der Waals surface area contributed by atoms with Crippen LogP contribution in [-0.4, -0.2) is 12.5 Å². The van der Waals surface area contributed by atoms with Crippen LogP contribution in [0.25, 0.3) is 0 Å². The lowest BCUT2D eigenvalue weighted by Crippen LogP contribution is -2.31. The first-order chi connectivity index (χ1) is 14.7. The highest BCUT2D eigenvalue weighted by atomic mass is 32.1. The number of amides is 1. The molecule has 0 unspecified atom stereocenters. The standard InChI is InChI=1S/C25H25N3OS/c1-17-11-13-19(14-12-17)24(18-7-3-2-4-8-18)27-16-23(29)28-25-21(15-26)20-9-5-6-10-22(20)30-25/h2-4,7-8,11-14,24,27H,5-6,9-10,16H2,1H3,(H,28,29)/t24-/m0/s1. The summed E-state index contributed by atoms with van der Waals surface area (Å²) in [5, 5.41) is 16.7. The van der Waals surface area contributed by atoms with E-state index in [9.17, 15) is 10.1 Å². The van der Waals surface area contributed by atoms with E-state index in [0.717, 1.165) is 42.4 Å². The van der Waals surface area contributed by atoms with Crippen LogP contribution in [0, 0.1) is 18.3 Å². The van der Waals surface area contributed by atoms with Crippen molar-refractivity contribution in [2.45, 2.75) is 38.6 Å². The molecule has 4 rings (SSSR count). The van der Waals surface area contributed by atoms with Gasteiger partial charge in [-0.15, -0.1) is 11.3 Å². The van der Waals surface area contributed by atoms with Gasteiger partial charge in [0.1, 0.15) is 11.1 Å². The first kappa shape index (κ1) is 20.3. The Kier molecular flexibility index (Phi) is 6.27. The maximum atomic E-state index is 12.7. The van der Waals surface area contributed by atoms with Crippen LogP contribution in [0.5, 0.6) is 0 Å². The summed E-state index contributed by atoms with van der Waals surface area (Å²) in [6.45, 7) is 2.23. The van der Waals surface area contributed by atoms with Gasteiger partial charge >= 0.3 is 0 Å². The van der Waals surface area contributed by atoms with Gasteiger partial charge in [-0.3, -0.25) is 10.1 Å². The van der Waals surface area contributed by atoms with Crippen molar-refractivity contribution in [3.05, 3.63) is 87.3 Å². The van der Waals surface area contributed by atoms with Gasteiger partial charge in [-0.25, -0.2) is 0 Å². The summed E-state index contributed by atoms with van der Waals surface area (Å²) in [6, 6.07) is 20.7. The second-order valence-corrected chi connectivity index (χ2v) is 8.82. The van der Waals surface area contributed by atoms with E-state index in [2.05, 4.69) is 60.0 Å². The molecule has 3 aromatic rings. The van der Waals surface area contributed by atoms with Gasteiger partial charge in [-0.05, 0) is 49.3 Å². The molecule has 1 heterocycles. The number of hydrogen-bond acceptors (Lipinski definition) is 4. The van der Waals surface area contributed by atoms with E-state index < -0.39 is 0 Å². The molecule has 2 aromatic carbocycles. The van der Waals surface area contributed by atoms with Gasteiger partial charge in [-0.1, -0.05) is 60.2 Å². The molecule has 2 N–H and O–H groups in total. The van der Waals surface area contributed by atoms with E-state index in [1.807, 2.05) is 18.2 Å². The number of carbonyl (C=O) groups excluding carboxylic acids is 1. The van der Waals surface area contributed by atoms with E-state index in [1.165, 1.54) is 10.4 Å². The summed E-state index contributed by atoms with van der Waals surface area (Å²) in [5.41, 5.74) is 5.22. The lowest BCUT2D eigenvalue weighted by atomic mass is 9.96. The molecule has 0 bridgehead atoms. The number of aryl methyl sites for hydroxylation is 2. The van der Waals surface area contributed by atoms with Crippen LogP contribution in [-0.2, 0) is 17.6 Å². The molecule has 30 heavy (non-hydrogen) atoms. The fourth-order valence-electron chi connectivity index (χ4n) is 3.97. The lowest BCUT2D eigenvalue weighted by molar-refractivity contribution is -0.115. The SMILES string of the molecule is Cc1ccc([C@@H](NCC(=O)Nc2sc3c(c2C#N)CCCC3)c2ccccc2)cc1. The second kappa shape index (κ2) is 9.25. The number of nitrogens with zero attached hydrogens (tertiary/aromatic N) is 1. The van der Waals surface area contributed by atoms with E-state index in [1.54, 1.807) is 11.3 Å². The van der Waals surface area contributed by atoms with Gasteiger partial charge in [0.05, 0.1) is 18.2 Å². The van der Waals surface area contributed by atoms with E-state index >= 15 is 0 Å². The predicted octanol–water partition coefficient (Wildman–Crippen LogP) is 5.12. The normalized spacial score (nSPS) is 13.9. The molecule has 0 aliphatic heterocycles. The molecule has 1 aromatic heterocycles. The highest BCUT2D eigenvalue weighted by Crippen LogP contribution is 2.37. The fourth-order valence-corrected chi connectivity index (χ4v) is 5.23. The number of thiophene rings is 1. The Morgan fingerprint density at radius 3 is 2.50 bits per heavy atom. The molecule has 0 fully saturated rings. The maximum absolute atomic E-state index is 12.7. The Morgan fingerprint density at radius 2 is 1.77 bits per heavy atom. The zero-order chi connectivity index (χ0) is 20.9. The average Bonchev–Trinajstić information content (AvgIpc) is 3.12. The minimum Gasteiger partial charge on any atom is -0.315 e. The van der Waals surface area contributed by atoms with E-state index in [-0.39, 0.29) is 18.5 Å². The summed E-state index contributed by atoms with van der Waals surface area (Å²) in [6.07, 6.45) is 4.21. The predicted molar refractivity (Wildman–Crippen MR) is 122 cm³/mol. The van der Waals surface area contributed by atoms with Crippen LogP contribution in [0.1, 0.15) is 51.6 Å². The van der Waals surface area contributed by atoms with E-state index in [0.29, 0.717) is 10.6 Å². The number of anilines is 1. The maximum Gasteiger partial charge on any atom is 0.238 e. The number of nitriles is 1. The Morgan fingerprint density at radius 1 is 1.07 bits per heavy atom. The van der Waals surface area contributed by atoms with Gasteiger partial charge < -0.3 is 5.32 Å². The molecule has 4 nitrogen and oxygen atoms in total. The van der Waals surface area contributed by atoms with Gasteiger partial charge in [0.15, 0.2) is 0 Å². The molecule has 0 saturated heterocycles. The highest BCUT2D eigenvalue weighted by molar-refractivity contribution is 7.16. The third kappa shape index (κ3) is 4.46. The molecule has 5 heteroatoms. The minimum absolute atomic E-state index is 0.0791.